The van der Waals surface area contributed by atoms with Crippen molar-refractivity contribution >= 4 is 105 Å². The summed E-state index contributed by atoms with van der Waals surface area (Å²) in [6.45, 7) is 0. The van der Waals surface area contributed by atoms with Crippen LogP contribution in [0.15, 0.2) is 253 Å². The van der Waals surface area contributed by atoms with Gasteiger partial charge >= 0.3 is 0 Å². The summed E-state index contributed by atoms with van der Waals surface area (Å²) in [5, 5.41) is 4.58. The number of fused-ring (bicyclic) bond motifs is 6. The van der Waals surface area contributed by atoms with Crippen molar-refractivity contribution in [3.63, 3.8) is 0 Å². The lowest BCUT2D eigenvalue weighted by molar-refractivity contribution is 0.669. The maximum atomic E-state index is 6.49. The molecular formula is C60H41N3OS. The third-order valence-corrected chi connectivity index (χ3v) is 13.4. The molecule has 0 fully saturated rings. The molecule has 0 atom stereocenters. The predicted octanol–water partition coefficient (Wildman–Crippen LogP) is 18.0. The largest absolute Gasteiger partial charge is 0.456 e. The molecule has 0 radical (unpaired) electrons. The van der Waals surface area contributed by atoms with Gasteiger partial charge in [-0.15, -0.1) is 11.3 Å². The fourth-order valence-electron chi connectivity index (χ4n) is 9.18. The highest BCUT2D eigenvalue weighted by atomic mass is 32.1. The van der Waals surface area contributed by atoms with Gasteiger partial charge in [0.25, 0.3) is 0 Å². The summed E-state index contributed by atoms with van der Waals surface area (Å²) >= 11 is 1.84. The Morgan fingerprint density at radius 2 is 0.723 bits per heavy atom. The maximum absolute atomic E-state index is 6.49. The van der Waals surface area contributed by atoms with Gasteiger partial charge in [0.15, 0.2) is 0 Å². The first kappa shape index (κ1) is 38.3. The Morgan fingerprint density at radius 3 is 1.35 bits per heavy atom. The Bertz CT molecular complexity index is 3510. The average Bonchev–Trinajstić information content (AvgIpc) is 3.94. The van der Waals surface area contributed by atoms with Gasteiger partial charge in [-0.25, -0.2) is 0 Å². The first-order valence-corrected chi connectivity index (χ1v) is 22.7. The molecule has 0 aliphatic rings. The lowest BCUT2D eigenvalue weighted by Crippen LogP contribution is -2.13. The average molecular weight is 852 g/mol. The zero-order valence-electron chi connectivity index (χ0n) is 35.3. The van der Waals surface area contributed by atoms with Crippen LogP contribution in [-0.4, -0.2) is 0 Å². The van der Waals surface area contributed by atoms with Crippen LogP contribution < -0.4 is 14.7 Å². The normalized spacial score (nSPS) is 11.4. The van der Waals surface area contributed by atoms with E-state index in [-0.39, 0.29) is 0 Å². The fourth-order valence-corrected chi connectivity index (χ4v) is 10.4. The molecule has 2 aromatic heterocycles. The van der Waals surface area contributed by atoms with Crippen LogP contribution in [0.25, 0.3) is 53.2 Å². The SMILES string of the molecule is c1ccc(-c2ccc(N(c3ccc4c(c3)oc3ccccc34)c3ccc4sc5c(N(c6ccccc6)c6ccccc6)cc(N(c6ccccc6)c6ccccc6)cc5c4c3)cc2)cc1. The number of thiophene rings is 1. The van der Waals surface area contributed by atoms with Crippen LogP contribution in [0.2, 0.25) is 0 Å². The van der Waals surface area contributed by atoms with E-state index in [9.17, 15) is 0 Å². The molecule has 0 unspecified atom stereocenters. The van der Waals surface area contributed by atoms with Crippen LogP contribution in [0, 0.1) is 0 Å². The van der Waals surface area contributed by atoms with Crippen molar-refractivity contribution in [1.82, 2.24) is 0 Å². The van der Waals surface area contributed by atoms with Crippen LogP contribution in [0.4, 0.5) is 51.2 Å². The summed E-state index contributed by atoms with van der Waals surface area (Å²) in [7, 11) is 0. The third kappa shape index (κ3) is 7.05. The molecule has 0 spiro atoms. The molecule has 5 heteroatoms. The van der Waals surface area contributed by atoms with E-state index in [2.05, 4.69) is 251 Å². The highest BCUT2D eigenvalue weighted by Crippen LogP contribution is 2.50. The topological polar surface area (TPSA) is 22.9 Å². The second-order valence-electron chi connectivity index (χ2n) is 16.2. The van der Waals surface area contributed by atoms with E-state index < -0.39 is 0 Å². The standard InChI is InChI=1S/C60H41N3OS/c1-6-18-42(19-7-1)43-30-32-48(33-31-43)62(50-34-36-53-52-28-16-17-29-57(52)64-58(53)41-50)49-35-37-59-54(38-49)55-39-51(61(44-20-8-2-9-21-44)45-22-10-3-11-23-45)40-56(60(55)65-59)63(46-24-12-4-13-25-46)47-26-14-5-15-27-47/h1-41H. The van der Waals surface area contributed by atoms with Crippen molar-refractivity contribution < 1.29 is 4.42 Å². The van der Waals surface area contributed by atoms with Crippen LogP contribution >= 0.6 is 11.3 Å². The van der Waals surface area contributed by atoms with Gasteiger partial charge < -0.3 is 19.1 Å². The summed E-state index contributed by atoms with van der Waals surface area (Å²) in [4.78, 5) is 7.13. The summed E-state index contributed by atoms with van der Waals surface area (Å²) in [6.07, 6.45) is 0. The molecule has 0 N–H and O–H groups in total. The number of furan rings is 1. The molecule has 0 saturated carbocycles. The smallest absolute Gasteiger partial charge is 0.137 e. The Kier molecular flexibility index (Phi) is 9.66. The van der Waals surface area contributed by atoms with Crippen molar-refractivity contribution in [3.8, 4) is 11.1 Å². The van der Waals surface area contributed by atoms with E-state index in [1.54, 1.807) is 0 Å². The molecule has 0 aliphatic heterocycles. The zero-order valence-corrected chi connectivity index (χ0v) is 36.1. The summed E-state index contributed by atoms with van der Waals surface area (Å²) < 4.78 is 8.91. The molecule has 2 heterocycles. The van der Waals surface area contributed by atoms with Crippen molar-refractivity contribution in [2.45, 2.75) is 0 Å². The second kappa shape index (κ2) is 16.4. The number of anilines is 9. The number of para-hydroxylation sites is 5. The van der Waals surface area contributed by atoms with Crippen LogP contribution in [-0.2, 0) is 0 Å². The molecule has 0 saturated heterocycles. The van der Waals surface area contributed by atoms with Crippen molar-refractivity contribution in [3.05, 3.63) is 249 Å². The van der Waals surface area contributed by atoms with E-state index in [1.807, 2.05) is 23.5 Å². The van der Waals surface area contributed by atoms with Gasteiger partial charge in [0, 0.05) is 77.8 Å². The van der Waals surface area contributed by atoms with E-state index in [0.717, 1.165) is 73.1 Å². The molecule has 65 heavy (non-hydrogen) atoms. The molecule has 4 nitrogen and oxygen atoms in total. The quantitative estimate of drug-likeness (QED) is 0.137. The zero-order chi connectivity index (χ0) is 43.1. The molecule has 0 bridgehead atoms. The van der Waals surface area contributed by atoms with Crippen LogP contribution in [0.5, 0.6) is 0 Å². The number of benzene rings is 10. The number of hydrogen-bond acceptors (Lipinski definition) is 5. The number of hydrogen-bond donors (Lipinski definition) is 0. The first-order valence-electron chi connectivity index (χ1n) is 21.9. The highest BCUT2D eigenvalue weighted by Gasteiger charge is 2.24. The number of nitrogens with zero attached hydrogens (tertiary/aromatic N) is 3. The summed E-state index contributed by atoms with van der Waals surface area (Å²) in [6, 6.07) is 88.8. The molecule has 308 valence electrons. The number of rotatable bonds is 10. The van der Waals surface area contributed by atoms with Crippen molar-refractivity contribution in [1.29, 1.82) is 0 Å². The van der Waals surface area contributed by atoms with E-state index in [0.29, 0.717) is 0 Å². The molecular weight excluding hydrogens is 811 g/mol. The van der Waals surface area contributed by atoms with Gasteiger partial charge in [0.1, 0.15) is 11.2 Å². The maximum Gasteiger partial charge on any atom is 0.137 e. The summed E-state index contributed by atoms with van der Waals surface area (Å²) in [5.41, 5.74) is 13.7. The first-order chi connectivity index (χ1) is 32.2. The Morgan fingerprint density at radius 1 is 0.277 bits per heavy atom. The molecule has 12 aromatic rings. The Hall–Kier alpha value is -8.38. The minimum absolute atomic E-state index is 0.856. The minimum atomic E-state index is 0.856. The lowest BCUT2D eigenvalue weighted by Gasteiger charge is -2.30. The van der Waals surface area contributed by atoms with Gasteiger partial charge in [-0.05, 0) is 120 Å². The molecule has 12 rings (SSSR count). The lowest BCUT2D eigenvalue weighted by atomic mass is 10.0. The Labute approximate surface area is 381 Å². The monoisotopic (exact) mass is 851 g/mol. The van der Waals surface area contributed by atoms with Gasteiger partial charge in [-0.1, -0.05) is 133 Å². The summed E-state index contributed by atoms with van der Waals surface area (Å²) in [5.74, 6) is 0. The highest BCUT2D eigenvalue weighted by molar-refractivity contribution is 7.26. The van der Waals surface area contributed by atoms with Gasteiger partial charge in [0.2, 0.25) is 0 Å². The third-order valence-electron chi connectivity index (χ3n) is 12.2. The molecule has 0 aliphatic carbocycles. The van der Waals surface area contributed by atoms with Gasteiger partial charge in [-0.3, -0.25) is 0 Å². The molecule has 0 amide bonds. The Balaban J connectivity index is 1.10. The van der Waals surface area contributed by atoms with E-state index in [1.165, 1.54) is 31.3 Å². The second-order valence-corrected chi connectivity index (χ2v) is 17.2. The van der Waals surface area contributed by atoms with Gasteiger partial charge in [0.05, 0.1) is 10.4 Å². The predicted molar refractivity (Wildman–Crippen MR) is 276 cm³/mol. The van der Waals surface area contributed by atoms with E-state index in [4.69, 9.17) is 4.42 Å². The fraction of sp³-hybridized carbons (Fsp3) is 0. The van der Waals surface area contributed by atoms with Crippen molar-refractivity contribution in [2.75, 3.05) is 14.7 Å². The minimum Gasteiger partial charge on any atom is -0.456 e. The van der Waals surface area contributed by atoms with Crippen LogP contribution in [0.3, 0.4) is 0 Å². The van der Waals surface area contributed by atoms with Crippen molar-refractivity contribution in [2.24, 2.45) is 0 Å². The van der Waals surface area contributed by atoms with Crippen LogP contribution in [0.1, 0.15) is 0 Å². The molecule has 10 aromatic carbocycles. The van der Waals surface area contributed by atoms with Gasteiger partial charge in [-0.2, -0.15) is 0 Å². The van der Waals surface area contributed by atoms with E-state index >= 15 is 0 Å².